The summed E-state index contributed by atoms with van der Waals surface area (Å²) in [5, 5.41) is 3.57. The number of aryl methyl sites for hydroxylation is 1. The number of hydrogen-bond acceptors (Lipinski definition) is 2. The van der Waals surface area contributed by atoms with Crippen molar-refractivity contribution >= 4 is 0 Å². The Hall–Kier alpha value is -0.860. The van der Waals surface area contributed by atoms with Crippen molar-refractivity contribution in [3.05, 3.63) is 35.4 Å². The fraction of sp³-hybridized carbons (Fsp3) is 0.625. The lowest BCUT2D eigenvalue weighted by Crippen LogP contribution is -2.31. The zero-order chi connectivity index (χ0) is 13.4. The highest BCUT2D eigenvalue weighted by Gasteiger charge is 2.10. The molecule has 18 heavy (non-hydrogen) atoms. The molecular weight excluding hydrogens is 222 g/mol. The third-order valence-corrected chi connectivity index (χ3v) is 3.42. The van der Waals surface area contributed by atoms with Gasteiger partial charge in [0.05, 0.1) is 6.10 Å². The van der Waals surface area contributed by atoms with Gasteiger partial charge in [-0.25, -0.2) is 0 Å². The molecule has 1 N–H and O–H groups in total. The van der Waals surface area contributed by atoms with Crippen LogP contribution in [0.2, 0.25) is 0 Å². The van der Waals surface area contributed by atoms with Crippen molar-refractivity contribution in [2.45, 2.75) is 52.2 Å². The van der Waals surface area contributed by atoms with Gasteiger partial charge in [0, 0.05) is 13.2 Å². The minimum absolute atomic E-state index is 0.351. The van der Waals surface area contributed by atoms with Crippen LogP contribution in [0, 0.1) is 6.92 Å². The molecule has 0 aliphatic heterocycles. The van der Waals surface area contributed by atoms with Gasteiger partial charge in [0.25, 0.3) is 0 Å². The van der Waals surface area contributed by atoms with Crippen LogP contribution in [0.4, 0.5) is 0 Å². The highest BCUT2D eigenvalue weighted by molar-refractivity contribution is 5.22. The van der Waals surface area contributed by atoms with Crippen molar-refractivity contribution in [2.24, 2.45) is 0 Å². The summed E-state index contributed by atoms with van der Waals surface area (Å²) in [5.41, 5.74) is 2.74. The van der Waals surface area contributed by atoms with Gasteiger partial charge >= 0.3 is 0 Å². The molecule has 1 aromatic carbocycles. The number of ether oxygens (including phenoxy) is 1. The summed E-state index contributed by atoms with van der Waals surface area (Å²) in [6, 6.07) is 9.40. The lowest BCUT2D eigenvalue weighted by Gasteiger charge is -2.20. The van der Waals surface area contributed by atoms with E-state index in [2.05, 4.69) is 50.4 Å². The van der Waals surface area contributed by atoms with Gasteiger partial charge in [-0.15, -0.1) is 0 Å². The van der Waals surface area contributed by atoms with E-state index in [9.17, 15) is 0 Å². The van der Waals surface area contributed by atoms with Crippen LogP contribution in [-0.4, -0.2) is 25.8 Å². The number of benzene rings is 1. The molecule has 0 saturated carbocycles. The van der Waals surface area contributed by atoms with E-state index in [0.29, 0.717) is 12.1 Å². The third kappa shape index (κ3) is 5.65. The van der Waals surface area contributed by atoms with Crippen LogP contribution in [0.3, 0.4) is 0 Å². The van der Waals surface area contributed by atoms with Crippen LogP contribution in [-0.2, 0) is 11.2 Å². The largest absolute Gasteiger partial charge is 0.382 e. The molecular formula is C16H27NO. The second-order valence-electron chi connectivity index (χ2n) is 5.07. The average molecular weight is 249 g/mol. The summed E-state index contributed by atoms with van der Waals surface area (Å²) in [6.45, 7) is 7.46. The van der Waals surface area contributed by atoms with Crippen LogP contribution in [0.25, 0.3) is 0 Å². The van der Waals surface area contributed by atoms with Crippen molar-refractivity contribution in [3.8, 4) is 0 Å². The van der Waals surface area contributed by atoms with E-state index < -0.39 is 0 Å². The Balaban J connectivity index is 2.48. The maximum absolute atomic E-state index is 5.32. The second-order valence-corrected chi connectivity index (χ2v) is 5.07. The van der Waals surface area contributed by atoms with Crippen LogP contribution in [0.15, 0.2) is 24.3 Å². The zero-order valence-electron chi connectivity index (χ0n) is 12.2. The molecule has 1 aromatic rings. The average Bonchev–Trinajstić information content (AvgIpc) is 2.38. The van der Waals surface area contributed by atoms with Gasteiger partial charge in [-0.05, 0) is 45.2 Å². The Labute approximate surface area is 112 Å². The summed E-state index contributed by atoms with van der Waals surface area (Å²) < 4.78 is 5.32. The molecule has 0 aliphatic rings. The van der Waals surface area contributed by atoms with E-state index in [1.165, 1.54) is 11.1 Å². The highest BCUT2D eigenvalue weighted by atomic mass is 16.5. The molecule has 0 aromatic heterocycles. The Kier molecular flexibility index (Phi) is 6.99. The first-order valence-electron chi connectivity index (χ1n) is 6.97. The summed E-state index contributed by atoms with van der Waals surface area (Å²) >= 11 is 0. The molecule has 0 heterocycles. The molecule has 1 rings (SSSR count). The molecule has 0 saturated heterocycles. The van der Waals surface area contributed by atoms with Crippen molar-refractivity contribution in [2.75, 3.05) is 13.7 Å². The molecule has 2 nitrogen and oxygen atoms in total. The monoisotopic (exact) mass is 249 g/mol. The van der Waals surface area contributed by atoms with Crippen LogP contribution in [0.5, 0.6) is 0 Å². The van der Waals surface area contributed by atoms with Gasteiger partial charge in [-0.3, -0.25) is 0 Å². The number of methoxy groups -OCH3 is 1. The number of likely N-dealkylation sites (N-methyl/N-ethyl adjacent to an activating group) is 1. The Morgan fingerprint density at radius 1 is 1.17 bits per heavy atom. The van der Waals surface area contributed by atoms with Crippen molar-refractivity contribution < 1.29 is 4.74 Å². The van der Waals surface area contributed by atoms with Gasteiger partial charge < -0.3 is 10.1 Å². The first kappa shape index (κ1) is 15.2. The van der Waals surface area contributed by atoms with Gasteiger partial charge in [0.15, 0.2) is 0 Å². The smallest absolute Gasteiger partial charge is 0.0543 e. The maximum Gasteiger partial charge on any atom is 0.0543 e. The van der Waals surface area contributed by atoms with E-state index in [4.69, 9.17) is 4.74 Å². The number of nitrogens with one attached hydrogen (secondary N) is 1. The quantitative estimate of drug-likeness (QED) is 0.763. The molecule has 0 fully saturated rings. The topological polar surface area (TPSA) is 21.3 Å². The molecule has 0 spiro atoms. The minimum Gasteiger partial charge on any atom is -0.382 e. The van der Waals surface area contributed by atoms with E-state index in [1.807, 2.05) is 0 Å². The van der Waals surface area contributed by atoms with E-state index in [0.717, 1.165) is 25.8 Å². The molecule has 102 valence electrons. The Morgan fingerprint density at radius 2 is 1.83 bits per heavy atom. The van der Waals surface area contributed by atoms with E-state index in [-0.39, 0.29) is 0 Å². The van der Waals surface area contributed by atoms with Gasteiger partial charge in [0.1, 0.15) is 0 Å². The first-order chi connectivity index (χ1) is 8.65. The molecule has 0 radical (unpaired) electrons. The standard InChI is InChI=1S/C16H27NO/c1-5-17-16(11-8-14(3)18-4)12-15-9-6-13(2)7-10-15/h6-7,9-10,14,16-17H,5,8,11-12H2,1-4H3. The number of rotatable bonds is 8. The molecule has 2 unspecified atom stereocenters. The molecule has 2 atom stereocenters. The SMILES string of the molecule is CCNC(CCC(C)OC)Cc1ccc(C)cc1. The van der Waals surface area contributed by atoms with Crippen LogP contribution < -0.4 is 5.32 Å². The van der Waals surface area contributed by atoms with Crippen LogP contribution in [0.1, 0.15) is 37.8 Å². The predicted octanol–water partition coefficient (Wildman–Crippen LogP) is 3.33. The third-order valence-electron chi connectivity index (χ3n) is 3.42. The summed E-state index contributed by atoms with van der Waals surface area (Å²) in [7, 11) is 1.78. The van der Waals surface area contributed by atoms with Gasteiger partial charge in [-0.2, -0.15) is 0 Å². The summed E-state index contributed by atoms with van der Waals surface area (Å²) in [5.74, 6) is 0. The highest BCUT2D eigenvalue weighted by Crippen LogP contribution is 2.11. The Morgan fingerprint density at radius 3 is 2.39 bits per heavy atom. The molecule has 0 bridgehead atoms. The zero-order valence-corrected chi connectivity index (χ0v) is 12.2. The lowest BCUT2D eigenvalue weighted by molar-refractivity contribution is 0.106. The first-order valence-corrected chi connectivity index (χ1v) is 6.97. The Bertz CT molecular complexity index is 320. The maximum atomic E-state index is 5.32. The van der Waals surface area contributed by atoms with Crippen molar-refractivity contribution in [3.63, 3.8) is 0 Å². The second kappa shape index (κ2) is 8.28. The fourth-order valence-corrected chi connectivity index (χ4v) is 2.13. The van der Waals surface area contributed by atoms with Crippen LogP contribution >= 0.6 is 0 Å². The van der Waals surface area contributed by atoms with Gasteiger partial charge in [0.2, 0.25) is 0 Å². The minimum atomic E-state index is 0.351. The van der Waals surface area contributed by atoms with Crippen molar-refractivity contribution in [1.29, 1.82) is 0 Å². The normalized spacial score (nSPS) is 14.4. The van der Waals surface area contributed by atoms with E-state index in [1.54, 1.807) is 7.11 Å². The fourth-order valence-electron chi connectivity index (χ4n) is 2.13. The lowest BCUT2D eigenvalue weighted by atomic mass is 9.99. The molecule has 2 heteroatoms. The molecule has 0 aliphatic carbocycles. The summed E-state index contributed by atoms with van der Waals surface area (Å²) in [4.78, 5) is 0. The van der Waals surface area contributed by atoms with Crippen molar-refractivity contribution in [1.82, 2.24) is 5.32 Å². The van der Waals surface area contributed by atoms with E-state index >= 15 is 0 Å². The summed E-state index contributed by atoms with van der Waals surface area (Å²) in [6.07, 6.45) is 3.73. The number of hydrogen-bond donors (Lipinski definition) is 1. The van der Waals surface area contributed by atoms with Gasteiger partial charge in [-0.1, -0.05) is 36.8 Å². The molecule has 0 amide bonds. The predicted molar refractivity (Wildman–Crippen MR) is 78.1 cm³/mol.